The lowest BCUT2D eigenvalue weighted by molar-refractivity contribution is 0.562. The molecule has 0 aliphatic heterocycles. The Bertz CT molecular complexity index is 728. The largest absolute Gasteiger partial charge is 0.369 e. The zero-order valence-corrected chi connectivity index (χ0v) is 14.4. The van der Waals surface area contributed by atoms with Crippen LogP contribution in [-0.2, 0) is 16.6 Å². The molecular formula is C14H24N6O2S. The van der Waals surface area contributed by atoms with Gasteiger partial charge in [-0.3, -0.25) is 0 Å². The van der Waals surface area contributed by atoms with Crippen molar-refractivity contribution in [3.63, 3.8) is 0 Å². The molecular weight excluding hydrogens is 316 g/mol. The van der Waals surface area contributed by atoms with Gasteiger partial charge in [0.05, 0.1) is 23.9 Å². The normalized spacial score (nSPS) is 11.9. The standard InChI is InChI=1S/C14H24N6O2S/c1-3-5-9-23(21,22)19-7-8-20-14-12(10-18-20)13(15-6-4-2)16-11-17-14/h10-11,19H,3-9H2,1-2H3,(H,15,16,17). The Kier molecular flexibility index (Phi) is 6.28. The van der Waals surface area contributed by atoms with Gasteiger partial charge in [-0.05, 0) is 12.8 Å². The predicted octanol–water partition coefficient (Wildman–Crippen LogP) is 1.37. The molecule has 0 radical (unpaired) electrons. The number of sulfonamides is 1. The van der Waals surface area contributed by atoms with Crippen LogP contribution in [0.3, 0.4) is 0 Å². The zero-order valence-electron chi connectivity index (χ0n) is 13.6. The van der Waals surface area contributed by atoms with Crippen LogP contribution in [0.1, 0.15) is 33.1 Å². The molecule has 0 saturated carbocycles. The van der Waals surface area contributed by atoms with Crippen LogP contribution in [0.15, 0.2) is 12.5 Å². The maximum Gasteiger partial charge on any atom is 0.211 e. The second kappa shape index (κ2) is 8.21. The fourth-order valence-electron chi connectivity index (χ4n) is 2.15. The summed E-state index contributed by atoms with van der Waals surface area (Å²) >= 11 is 0. The third-order valence-corrected chi connectivity index (χ3v) is 4.86. The van der Waals surface area contributed by atoms with Crippen LogP contribution >= 0.6 is 0 Å². The lowest BCUT2D eigenvalue weighted by Crippen LogP contribution is -2.29. The molecule has 0 saturated heterocycles. The minimum absolute atomic E-state index is 0.163. The number of unbranched alkanes of at least 4 members (excludes halogenated alkanes) is 1. The zero-order chi connectivity index (χ0) is 16.7. The molecule has 2 aromatic heterocycles. The first-order valence-corrected chi connectivity index (χ1v) is 9.60. The Balaban J connectivity index is 2.01. The maximum atomic E-state index is 11.8. The summed E-state index contributed by atoms with van der Waals surface area (Å²) in [4.78, 5) is 8.47. The number of nitrogens with zero attached hydrogens (tertiary/aromatic N) is 4. The summed E-state index contributed by atoms with van der Waals surface area (Å²) < 4.78 is 27.8. The summed E-state index contributed by atoms with van der Waals surface area (Å²) in [6.07, 6.45) is 5.72. The average molecular weight is 340 g/mol. The van der Waals surface area contributed by atoms with Gasteiger partial charge in [-0.1, -0.05) is 20.3 Å². The first-order chi connectivity index (χ1) is 11.1. The highest BCUT2D eigenvalue weighted by Crippen LogP contribution is 2.18. The van der Waals surface area contributed by atoms with Crippen LogP contribution in [-0.4, -0.2) is 47.0 Å². The number of nitrogens with one attached hydrogen (secondary N) is 2. The summed E-state index contributed by atoms with van der Waals surface area (Å²) in [5.74, 6) is 0.919. The topological polar surface area (TPSA) is 102 Å². The van der Waals surface area contributed by atoms with Crippen molar-refractivity contribution in [2.45, 2.75) is 39.7 Å². The van der Waals surface area contributed by atoms with E-state index in [-0.39, 0.29) is 5.75 Å². The molecule has 2 heterocycles. The van der Waals surface area contributed by atoms with Crippen LogP contribution in [0.25, 0.3) is 11.0 Å². The molecule has 128 valence electrons. The highest BCUT2D eigenvalue weighted by Gasteiger charge is 2.11. The van der Waals surface area contributed by atoms with E-state index >= 15 is 0 Å². The molecule has 2 N–H and O–H groups in total. The van der Waals surface area contributed by atoms with Crippen molar-refractivity contribution in [1.29, 1.82) is 0 Å². The monoisotopic (exact) mass is 340 g/mol. The van der Waals surface area contributed by atoms with Crippen LogP contribution in [0.2, 0.25) is 0 Å². The van der Waals surface area contributed by atoms with E-state index in [1.54, 1.807) is 10.9 Å². The Morgan fingerprint density at radius 2 is 2.00 bits per heavy atom. The Labute approximate surface area is 136 Å². The lowest BCUT2D eigenvalue weighted by atomic mass is 10.4. The molecule has 0 aliphatic rings. The number of anilines is 1. The second-order valence-electron chi connectivity index (χ2n) is 5.32. The molecule has 0 unspecified atom stereocenters. The summed E-state index contributed by atoms with van der Waals surface area (Å²) in [5, 5.41) is 8.37. The van der Waals surface area contributed by atoms with Gasteiger partial charge < -0.3 is 5.32 Å². The number of hydrogen-bond donors (Lipinski definition) is 2. The lowest BCUT2D eigenvalue weighted by Gasteiger charge is -2.07. The Hall–Kier alpha value is -1.74. The minimum Gasteiger partial charge on any atom is -0.369 e. The third kappa shape index (κ3) is 4.87. The molecule has 0 amide bonds. The number of fused-ring (bicyclic) bond motifs is 1. The van der Waals surface area contributed by atoms with E-state index in [1.807, 2.05) is 6.92 Å². The molecule has 0 fully saturated rings. The summed E-state index contributed by atoms with van der Waals surface area (Å²) in [5.41, 5.74) is 0.700. The van der Waals surface area contributed by atoms with Gasteiger partial charge in [0.1, 0.15) is 12.1 Å². The smallest absolute Gasteiger partial charge is 0.211 e. The van der Waals surface area contributed by atoms with Crippen LogP contribution in [0.4, 0.5) is 5.82 Å². The van der Waals surface area contributed by atoms with Gasteiger partial charge in [-0.25, -0.2) is 27.8 Å². The van der Waals surface area contributed by atoms with Gasteiger partial charge in [-0.15, -0.1) is 0 Å². The van der Waals surface area contributed by atoms with Crippen molar-refractivity contribution < 1.29 is 8.42 Å². The van der Waals surface area contributed by atoms with E-state index in [0.717, 1.165) is 30.6 Å². The molecule has 0 aromatic carbocycles. The molecule has 0 bridgehead atoms. The SMILES string of the molecule is CCCCS(=O)(=O)NCCn1ncc2c(NCCC)ncnc21. The van der Waals surface area contributed by atoms with Crippen LogP contribution in [0.5, 0.6) is 0 Å². The van der Waals surface area contributed by atoms with Gasteiger partial charge in [0.2, 0.25) is 10.0 Å². The summed E-state index contributed by atoms with van der Waals surface area (Å²) in [7, 11) is -3.21. The van der Waals surface area contributed by atoms with Crippen molar-refractivity contribution in [1.82, 2.24) is 24.5 Å². The maximum absolute atomic E-state index is 11.8. The number of hydrogen-bond acceptors (Lipinski definition) is 6. The summed E-state index contributed by atoms with van der Waals surface area (Å²) in [6, 6.07) is 0. The second-order valence-corrected chi connectivity index (χ2v) is 7.25. The average Bonchev–Trinajstić information content (AvgIpc) is 2.95. The third-order valence-electron chi connectivity index (χ3n) is 3.39. The number of aromatic nitrogens is 4. The molecule has 8 nitrogen and oxygen atoms in total. The van der Waals surface area contributed by atoms with Crippen molar-refractivity contribution >= 4 is 26.9 Å². The van der Waals surface area contributed by atoms with E-state index in [0.29, 0.717) is 25.2 Å². The van der Waals surface area contributed by atoms with Gasteiger partial charge in [-0.2, -0.15) is 5.10 Å². The first-order valence-electron chi connectivity index (χ1n) is 7.95. The van der Waals surface area contributed by atoms with E-state index in [9.17, 15) is 8.42 Å². The molecule has 2 aromatic rings. The van der Waals surface area contributed by atoms with Crippen LogP contribution < -0.4 is 10.0 Å². The molecule has 0 atom stereocenters. The van der Waals surface area contributed by atoms with Gasteiger partial charge in [0, 0.05) is 13.1 Å². The van der Waals surface area contributed by atoms with Crippen molar-refractivity contribution in [2.75, 3.05) is 24.2 Å². The van der Waals surface area contributed by atoms with Crippen molar-refractivity contribution in [2.24, 2.45) is 0 Å². The van der Waals surface area contributed by atoms with E-state index < -0.39 is 10.0 Å². The Morgan fingerprint density at radius 1 is 1.17 bits per heavy atom. The van der Waals surface area contributed by atoms with Crippen LogP contribution in [0, 0.1) is 0 Å². The van der Waals surface area contributed by atoms with Gasteiger partial charge in [0.25, 0.3) is 0 Å². The fourth-order valence-corrected chi connectivity index (χ4v) is 3.37. The van der Waals surface area contributed by atoms with Crippen molar-refractivity contribution in [3.8, 4) is 0 Å². The van der Waals surface area contributed by atoms with Gasteiger partial charge >= 0.3 is 0 Å². The van der Waals surface area contributed by atoms with E-state index in [4.69, 9.17) is 0 Å². The van der Waals surface area contributed by atoms with Crippen molar-refractivity contribution in [3.05, 3.63) is 12.5 Å². The van der Waals surface area contributed by atoms with Gasteiger partial charge in [0.15, 0.2) is 5.65 Å². The van der Waals surface area contributed by atoms with E-state index in [2.05, 4.69) is 32.0 Å². The molecule has 0 spiro atoms. The highest BCUT2D eigenvalue weighted by molar-refractivity contribution is 7.89. The molecule has 2 rings (SSSR count). The Morgan fingerprint density at radius 3 is 2.74 bits per heavy atom. The fraction of sp³-hybridized carbons (Fsp3) is 0.643. The highest BCUT2D eigenvalue weighted by atomic mass is 32.2. The minimum atomic E-state index is -3.21. The van der Waals surface area contributed by atoms with E-state index in [1.165, 1.54) is 6.33 Å². The molecule has 23 heavy (non-hydrogen) atoms. The summed E-state index contributed by atoms with van der Waals surface area (Å²) in [6.45, 7) is 5.60. The predicted molar refractivity (Wildman–Crippen MR) is 90.8 cm³/mol. The molecule has 0 aliphatic carbocycles. The quantitative estimate of drug-likeness (QED) is 0.677. The number of rotatable bonds is 10. The first kappa shape index (κ1) is 17.6. The molecule has 9 heteroatoms.